The zero-order chi connectivity index (χ0) is 92.3. The molecule has 0 amide bonds. The minimum absolute atomic E-state index is 0.701. The Morgan fingerprint density at radius 2 is 0.662 bits per heavy atom. The first-order chi connectivity index (χ1) is 65.1. The predicted octanol–water partition coefficient (Wildman–Crippen LogP) is 26.7. The van der Waals surface area contributed by atoms with Crippen LogP contribution in [0.3, 0.4) is 0 Å². The number of fused-ring (bicyclic) bond motifs is 5. The topological polar surface area (TPSA) is 263 Å². The van der Waals surface area contributed by atoms with Gasteiger partial charge in [-0.3, -0.25) is 0 Å². The van der Waals surface area contributed by atoms with Gasteiger partial charge in [0.25, 0.3) is 0 Å². The summed E-state index contributed by atoms with van der Waals surface area (Å²) in [5.74, 6) is 3.02. The summed E-state index contributed by atoms with van der Waals surface area (Å²) in [6.07, 6.45) is 19.2. The Morgan fingerprint density at radius 1 is 0.323 bits per heavy atom. The summed E-state index contributed by atoms with van der Waals surface area (Å²) in [5.41, 5.74) is 18.7. The summed E-state index contributed by atoms with van der Waals surface area (Å²) in [7, 11) is 0. The van der Waals surface area contributed by atoms with Crippen molar-refractivity contribution in [1.82, 2.24) is 74.8 Å². The lowest BCUT2D eigenvalue weighted by atomic mass is 10.0. The standard InChI is InChI=1S/C22H24N4S.2C21H22N4OS.C20H20N4OS.C20H20N4S2/c1-4-26(5-2)22-25-20(15(3)27-22)19-14-24-21-18(19)12-17(13-23-21)11-16-9-7-6-8-10-16;1-4-25(5-2)21-24-19(14(3)27-21)18-13-23-20-17(18)11-16(12-22-20)26-15-9-7-6-8-10-15;1-3-25(4-2)21-24-18(13-27-21)17-12-23-20-16(17)10-15(11-22-20)19(26)14-8-6-5-7-9-14;1-3-24(4-2)20-23-18(13-26-20)17-12-22-19-16(17)10-15(11-21-19)25-14-8-6-5-7-9-14;1-3-24(4-2)20-23-18(13-25-20)17-12-22-19-16(17)10-15(11-21-19)26-14-8-6-5-7-9-14/h6-10,12-14H,4-5,11H2,1-3H3,(H,23,24);6-13H,4-5H2,1-3H3,(H,22,23);5-13,19,26H,3-4H2,1-2H3,(H,22,23);2*5-13H,3-4H2,1-2H3,(H,21,22). The molecule has 0 aliphatic rings. The van der Waals surface area contributed by atoms with E-state index in [0.717, 1.165) is 237 Å². The first-order valence-electron chi connectivity index (χ1n) is 45.0. The maximum absolute atomic E-state index is 10.7. The number of H-pyrrole nitrogens is 5. The van der Waals surface area contributed by atoms with Gasteiger partial charge in [0.05, 0.1) is 40.9 Å². The number of para-hydroxylation sites is 2. The quantitative estimate of drug-likeness (QED) is 0.0244. The molecule has 6 N–H and O–H groups in total. The Bertz CT molecular complexity index is 6770. The summed E-state index contributed by atoms with van der Waals surface area (Å²) < 4.78 is 11.9. The fourth-order valence-corrected chi connectivity index (χ4v) is 21.4. The number of rotatable bonds is 30. The summed E-state index contributed by atoms with van der Waals surface area (Å²) in [6.45, 7) is 35.4. The maximum Gasteiger partial charge on any atom is 0.186 e. The lowest BCUT2D eigenvalue weighted by Gasteiger charge is -2.16. The number of benzene rings is 5. The Hall–Kier alpha value is -13.4. The zero-order valence-electron chi connectivity index (χ0n) is 76.6. The van der Waals surface area contributed by atoms with Crippen molar-refractivity contribution in [2.75, 3.05) is 89.9 Å². The average molecular weight is 1880 g/mol. The number of hydrogen-bond acceptors (Lipinski definition) is 24. The minimum atomic E-state index is -0.701. The highest BCUT2D eigenvalue weighted by atomic mass is 32.2. The molecule has 0 saturated heterocycles. The van der Waals surface area contributed by atoms with Crippen molar-refractivity contribution < 1.29 is 14.6 Å². The highest BCUT2D eigenvalue weighted by Crippen LogP contribution is 2.43. The molecule has 1 atom stereocenters. The summed E-state index contributed by atoms with van der Waals surface area (Å²) in [5, 5.41) is 27.6. The van der Waals surface area contributed by atoms with E-state index in [0.29, 0.717) is 11.5 Å². The smallest absolute Gasteiger partial charge is 0.186 e. The Balaban J connectivity index is 0.000000121. The summed E-state index contributed by atoms with van der Waals surface area (Å²) in [4.78, 5) is 79.5. The van der Waals surface area contributed by atoms with Crippen LogP contribution in [-0.2, 0) is 6.42 Å². The van der Waals surface area contributed by atoms with Crippen molar-refractivity contribution in [3.8, 4) is 79.3 Å². The van der Waals surface area contributed by atoms with Gasteiger partial charge in [-0.05, 0) is 173 Å². The maximum atomic E-state index is 10.7. The second kappa shape index (κ2) is 44.2. The van der Waals surface area contributed by atoms with Crippen LogP contribution in [0.15, 0.2) is 270 Å². The van der Waals surface area contributed by atoms with E-state index in [1.54, 1.807) is 87.0 Å². The van der Waals surface area contributed by atoms with E-state index in [4.69, 9.17) is 34.4 Å². The number of anilines is 5. The van der Waals surface area contributed by atoms with Gasteiger partial charge in [-0.15, -0.1) is 56.7 Å². The van der Waals surface area contributed by atoms with Gasteiger partial charge in [0.2, 0.25) is 0 Å². The number of aliphatic hydroxyl groups is 1. The molecule has 0 bridgehead atoms. The fourth-order valence-electron chi connectivity index (χ4n) is 15.6. The largest absolute Gasteiger partial charge is 0.456 e. The molecule has 0 radical (unpaired) electrons. The molecule has 678 valence electrons. The van der Waals surface area contributed by atoms with Gasteiger partial charge < -0.3 is 64.0 Å². The molecule has 0 aliphatic carbocycles. The molecule has 15 heterocycles. The van der Waals surface area contributed by atoms with Gasteiger partial charge in [0.1, 0.15) is 57.3 Å². The molecule has 20 rings (SSSR count). The van der Waals surface area contributed by atoms with Gasteiger partial charge in [-0.1, -0.05) is 127 Å². The molecule has 15 aromatic heterocycles. The third kappa shape index (κ3) is 21.9. The molecule has 0 fully saturated rings. The Kier molecular flexibility index (Phi) is 30.9. The van der Waals surface area contributed by atoms with E-state index in [9.17, 15) is 5.11 Å². The molecule has 0 aliphatic heterocycles. The lowest BCUT2D eigenvalue weighted by Crippen LogP contribution is -2.21. The molecule has 5 aromatic carbocycles. The van der Waals surface area contributed by atoms with Crippen molar-refractivity contribution in [2.24, 2.45) is 0 Å². The number of pyridine rings is 5. The van der Waals surface area contributed by atoms with Gasteiger partial charge in [0, 0.05) is 211 Å². The fraction of sp³-hybridized carbons (Fsp3) is 0.231. The molecular weight excluding hydrogens is 1770 g/mol. The van der Waals surface area contributed by atoms with Crippen LogP contribution >= 0.6 is 68.4 Å². The van der Waals surface area contributed by atoms with Crippen LogP contribution in [0.4, 0.5) is 25.7 Å². The molecule has 20 aromatic rings. The van der Waals surface area contributed by atoms with Gasteiger partial charge in [-0.2, -0.15) is 0 Å². The van der Waals surface area contributed by atoms with Crippen LogP contribution < -0.4 is 34.0 Å². The Morgan fingerprint density at radius 3 is 1.08 bits per heavy atom. The van der Waals surface area contributed by atoms with E-state index in [1.807, 2.05) is 165 Å². The predicted molar refractivity (Wildman–Crippen MR) is 557 cm³/mol. The molecular formula is C104H108N20O3S6. The molecule has 23 nitrogen and oxygen atoms in total. The number of ether oxygens (including phenoxy) is 2. The van der Waals surface area contributed by atoms with Crippen LogP contribution in [-0.4, -0.2) is 145 Å². The van der Waals surface area contributed by atoms with Crippen LogP contribution in [0.2, 0.25) is 0 Å². The number of aromatic nitrogens is 15. The number of thiazole rings is 5. The van der Waals surface area contributed by atoms with Gasteiger partial charge >= 0.3 is 0 Å². The number of aryl methyl sites for hydroxylation is 2. The molecule has 133 heavy (non-hydrogen) atoms. The first kappa shape index (κ1) is 92.9. The first-order valence-corrected chi connectivity index (χ1v) is 50.1. The monoisotopic (exact) mass is 1880 g/mol. The van der Waals surface area contributed by atoms with Crippen molar-refractivity contribution in [1.29, 1.82) is 0 Å². The lowest BCUT2D eigenvalue weighted by molar-refractivity contribution is 0.220. The summed E-state index contributed by atoms with van der Waals surface area (Å²) in [6, 6.07) is 60.5. The second-order valence-corrected chi connectivity index (χ2v) is 37.1. The zero-order valence-corrected chi connectivity index (χ0v) is 81.5. The van der Waals surface area contributed by atoms with Crippen molar-refractivity contribution >= 4 is 149 Å². The SMILES string of the molecule is CCN(CC)c1nc(-c2c[nH]c3ncc(C(O)c4ccccc4)cc23)cs1.CCN(CC)c1nc(-c2c[nH]c3ncc(Cc4ccccc4)cc23)c(C)s1.CCN(CC)c1nc(-c2c[nH]c3ncc(Oc4ccccc4)cc23)c(C)s1.CCN(CC)c1nc(-c2c[nH]c3ncc(Oc4ccccc4)cc23)cs1.CCN(CC)c1nc(-c2c[nH]c3ncc(Sc4ccccc4)cc23)cs1. The Labute approximate surface area is 799 Å². The van der Waals surface area contributed by atoms with E-state index >= 15 is 0 Å². The average Bonchev–Trinajstić information content (AvgIpc) is 1.63. The van der Waals surface area contributed by atoms with Crippen LogP contribution in [0.25, 0.3) is 111 Å². The van der Waals surface area contributed by atoms with Crippen LogP contribution in [0, 0.1) is 13.8 Å². The van der Waals surface area contributed by atoms with Crippen LogP contribution in [0.5, 0.6) is 23.0 Å². The highest BCUT2D eigenvalue weighted by molar-refractivity contribution is 7.99. The highest BCUT2D eigenvalue weighted by Gasteiger charge is 2.24. The number of aromatic amines is 5. The third-order valence-corrected chi connectivity index (χ3v) is 28.6. The summed E-state index contributed by atoms with van der Waals surface area (Å²) >= 11 is 10.2. The molecule has 0 saturated carbocycles. The van der Waals surface area contributed by atoms with Gasteiger partial charge in [-0.25, -0.2) is 49.8 Å². The van der Waals surface area contributed by atoms with E-state index in [2.05, 4.69) is 234 Å². The number of nitrogens with one attached hydrogen (secondary N) is 5. The third-order valence-electron chi connectivity index (χ3n) is 22.8. The van der Waals surface area contributed by atoms with E-state index in [1.165, 1.54) is 25.8 Å². The molecule has 29 heteroatoms. The minimum Gasteiger partial charge on any atom is -0.456 e. The number of hydrogen-bond donors (Lipinski definition) is 6. The van der Waals surface area contributed by atoms with E-state index < -0.39 is 6.10 Å². The van der Waals surface area contributed by atoms with Crippen LogP contribution in [0.1, 0.15) is 107 Å². The van der Waals surface area contributed by atoms with Crippen molar-refractivity contribution in [2.45, 2.75) is 105 Å². The number of nitrogens with zero attached hydrogens (tertiary/aromatic N) is 15. The normalized spacial score (nSPS) is 11.4. The van der Waals surface area contributed by atoms with Crippen molar-refractivity contribution in [3.05, 3.63) is 292 Å². The molecule has 1 unspecified atom stereocenters. The van der Waals surface area contributed by atoms with Crippen molar-refractivity contribution in [3.63, 3.8) is 0 Å². The van der Waals surface area contributed by atoms with Gasteiger partial charge in [0.15, 0.2) is 25.7 Å². The van der Waals surface area contributed by atoms with E-state index in [-0.39, 0.29) is 0 Å². The second-order valence-electron chi connectivity index (χ2n) is 31.0. The molecule has 0 spiro atoms. The number of aliphatic hydroxyl groups excluding tert-OH is 1.